The van der Waals surface area contributed by atoms with Gasteiger partial charge in [0.2, 0.25) is 0 Å². The van der Waals surface area contributed by atoms with Crippen LogP contribution in [0.1, 0.15) is 53.0 Å². The van der Waals surface area contributed by atoms with Gasteiger partial charge in [0.25, 0.3) is 0 Å². The highest BCUT2D eigenvalue weighted by Crippen LogP contribution is 2.25. The van der Waals surface area contributed by atoms with Gasteiger partial charge in [0.15, 0.2) is 0 Å². The van der Waals surface area contributed by atoms with E-state index in [0.717, 1.165) is 17.1 Å². The molecule has 114 valence electrons. The lowest BCUT2D eigenvalue weighted by Gasteiger charge is -2.27. The molecule has 1 N–H and O–H groups in total. The lowest BCUT2D eigenvalue weighted by atomic mass is 10.1. The molecule has 0 aliphatic rings. The van der Waals surface area contributed by atoms with E-state index in [-0.39, 0.29) is 5.54 Å². The molecule has 2 nitrogen and oxygen atoms in total. The number of halogens is 1. The van der Waals surface area contributed by atoms with Crippen LogP contribution in [0.5, 0.6) is 0 Å². The van der Waals surface area contributed by atoms with Crippen LogP contribution in [0.3, 0.4) is 0 Å². The highest BCUT2D eigenvalue weighted by atomic mass is 35.5. The van der Waals surface area contributed by atoms with Crippen molar-refractivity contribution < 1.29 is 0 Å². The van der Waals surface area contributed by atoms with E-state index in [4.69, 9.17) is 11.6 Å². The number of nitrogens with one attached hydrogen (secondary N) is 1. The summed E-state index contributed by atoms with van der Waals surface area (Å²) in [5.74, 6) is 0. The van der Waals surface area contributed by atoms with Gasteiger partial charge in [-0.1, -0.05) is 31.0 Å². The molecule has 0 saturated heterocycles. The quantitative estimate of drug-likeness (QED) is 0.807. The zero-order chi connectivity index (χ0) is 15.3. The summed E-state index contributed by atoms with van der Waals surface area (Å²) < 4.78 is 0. The molecule has 1 atom stereocenters. The Morgan fingerprint density at radius 2 is 1.95 bits per heavy atom. The molecule has 0 aliphatic heterocycles. The van der Waals surface area contributed by atoms with Crippen molar-refractivity contribution in [2.75, 3.05) is 11.9 Å². The predicted molar refractivity (Wildman–Crippen MR) is 90.8 cm³/mol. The van der Waals surface area contributed by atoms with Crippen LogP contribution in [0, 0.1) is 0 Å². The predicted octanol–water partition coefficient (Wildman–Crippen LogP) is 4.85. The summed E-state index contributed by atoms with van der Waals surface area (Å²) in [6.07, 6.45) is 2.40. The fourth-order valence-corrected chi connectivity index (χ4v) is 2.37. The first-order valence-electron chi connectivity index (χ1n) is 7.51. The van der Waals surface area contributed by atoms with Crippen molar-refractivity contribution in [1.29, 1.82) is 0 Å². The average Bonchev–Trinajstić information content (AvgIpc) is 2.35. The van der Waals surface area contributed by atoms with Crippen LogP contribution in [0.25, 0.3) is 0 Å². The zero-order valence-electron chi connectivity index (χ0n) is 13.8. The molecule has 0 aliphatic carbocycles. The third-order valence-corrected chi connectivity index (χ3v) is 3.97. The molecule has 0 saturated carbocycles. The van der Waals surface area contributed by atoms with Crippen LogP contribution in [-0.4, -0.2) is 18.6 Å². The minimum absolute atomic E-state index is 0.106. The van der Waals surface area contributed by atoms with E-state index < -0.39 is 0 Å². The van der Waals surface area contributed by atoms with E-state index in [0.29, 0.717) is 6.04 Å². The van der Waals surface area contributed by atoms with Crippen molar-refractivity contribution in [2.24, 2.45) is 0 Å². The molecular weight excluding hydrogens is 268 g/mol. The molecule has 0 fully saturated rings. The molecule has 0 aromatic heterocycles. The van der Waals surface area contributed by atoms with E-state index in [9.17, 15) is 0 Å². The van der Waals surface area contributed by atoms with Gasteiger partial charge >= 0.3 is 0 Å². The molecule has 0 bridgehead atoms. The summed E-state index contributed by atoms with van der Waals surface area (Å²) >= 11 is 6.42. The first-order chi connectivity index (χ1) is 9.24. The minimum Gasteiger partial charge on any atom is -0.372 e. The second-order valence-corrected chi connectivity index (χ2v) is 7.04. The largest absolute Gasteiger partial charge is 0.372 e. The van der Waals surface area contributed by atoms with E-state index in [1.54, 1.807) is 0 Å². The number of nitrogens with zero attached hydrogens (tertiary/aromatic N) is 1. The number of hydrogen-bond acceptors (Lipinski definition) is 2. The van der Waals surface area contributed by atoms with Gasteiger partial charge in [0.05, 0.1) is 0 Å². The fourth-order valence-electron chi connectivity index (χ4n) is 2.13. The van der Waals surface area contributed by atoms with Crippen molar-refractivity contribution in [2.45, 2.75) is 65.6 Å². The fraction of sp³-hybridized carbons (Fsp3) is 0.647. The number of rotatable bonds is 6. The molecule has 0 heterocycles. The molecule has 1 unspecified atom stereocenters. The molecule has 0 spiro atoms. The molecule has 20 heavy (non-hydrogen) atoms. The standard InChI is InChI=1S/C17H29ClN2/c1-7-8-13(2)20(6)15-10-9-14(16(18)11-15)12-19-17(3,4)5/h9-11,13,19H,7-8,12H2,1-6H3. The Morgan fingerprint density at radius 1 is 1.30 bits per heavy atom. The van der Waals surface area contributed by atoms with Crippen LogP contribution in [0.15, 0.2) is 18.2 Å². The van der Waals surface area contributed by atoms with E-state index >= 15 is 0 Å². The molecule has 1 aromatic carbocycles. The second-order valence-electron chi connectivity index (χ2n) is 6.63. The Hall–Kier alpha value is -0.730. The molecule has 0 amide bonds. The molecule has 0 radical (unpaired) electrons. The van der Waals surface area contributed by atoms with Gasteiger partial charge in [-0.2, -0.15) is 0 Å². The van der Waals surface area contributed by atoms with Crippen molar-refractivity contribution in [1.82, 2.24) is 5.32 Å². The Kier molecular flexibility index (Phi) is 6.35. The lowest BCUT2D eigenvalue weighted by molar-refractivity contribution is 0.424. The first kappa shape index (κ1) is 17.3. The van der Waals surface area contributed by atoms with E-state index in [1.807, 2.05) is 0 Å². The van der Waals surface area contributed by atoms with E-state index in [2.05, 4.69) is 70.1 Å². The van der Waals surface area contributed by atoms with Crippen molar-refractivity contribution in [3.63, 3.8) is 0 Å². The number of anilines is 1. The Morgan fingerprint density at radius 3 is 2.45 bits per heavy atom. The maximum atomic E-state index is 6.42. The Labute approximate surface area is 129 Å². The van der Waals surface area contributed by atoms with E-state index in [1.165, 1.54) is 18.5 Å². The van der Waals surface area contributed by atoms with Gasteiger partial charge in [-0.25, -0.2) is 0 Å². The van der Waals surface area contributed by atoms with Gasteiger partial charge in [-0.3, -0.25) is 0 Å². The topological polar surface area (TPSA) is 15.3 Å². The normalized spacial score (nSPS) is 13.3. The maximum Gasteiger partial charge on any atom is 0.0471 e. The van der Waals surface area contributed by atoms with Gasteiger partial charge < -0.3 is 10.2 Å². The number of benzene rings is 1. The van der Waals surface area contributed by atoms with Crippen LogP contribution in [0.4, 0.5) is 5.69 Å². The van der Waals surface area contributed by atoms with Crippen molar-refractivity contribution >= 4 is 17.3 Å². The first-order valence-corrected chi connectivity index (χ1v) is 7.88. The third-order valence-electron chi connectivity index (χ3n) is 3.62. The Balaban J connectivity index is 2.77. The lowest BCUT2D eigenvalue weighted by Crippen LogP contribution is -2.35. The molecule has 3 heteroatoms. The van der Waals surface area contributed by atoms with Crippen molar-refractivity contribution in [3.8, 4) is 0 Å². The maximum absolute atomic E-state index is 6.42. The van der Waals surface area contributed by atoms with Gasteiger partial charge in [0, 0.05) is 35.9 Å². The monoisotopic (exact) mass is 296 g/mol. The average molecular weight is 297 g/mol. The third kappa shape index (κ3) is 5.34. The summed E-state index contributed by atoms with van der Waals surface area (Å²) in [6, 6.07) is 6.91. The summed E-state index contributed by atoms with van der Waals surface area (Å²) in [6.45, 7) is 11.8. The summed E-state index contributed by atoms with van der Waals surface area (Å²) in [4.78, 5) is 2.30. The highest BCUT2D eigenvalue weighted by molar-refractivity contribution is 6.31. The summed E-state index contributed by atoms with van der Waals surface area (Å²) in [7, 11) is 2.14. The SMILES string of the molecule is CCCC(C)N(C)c1ccc(CNC(C)(C)C)c(Cl)c1. The second kappa shape index (κ2) is 7.33. The van der Waals surface area contributed by atoms with Crippen LogP contribution >= 0.6 is 11.6 Å². The molecular formula is C17H29ClN2. The zero-order valence-corrected chi connectivity index (χ0v) is 14.5. The number of hydrogen-bond donors (Lipinski definition) is 1. The van der Waals surface area contributed by atoms with Gasteiger partial charge in [0.1, 0.15) is 0 Å². The Bertz CT molecular complexity index is 423. The van der Waals surface area contributed by atoms with Gasteiger partial charge in [-0.15, -0.1) is 0 Å². The molecule has 1 aromatic rings. The summed E-state index contributed by atoms with van der Waals surface area (Å²) in [5.41, 5.74) is 2.45. The van der Waals surface area contributed by atoms with Crippen LogP contribution < -0.4 is 10.2 Å². The minimum atomic E-state index is 0.106. The van der Waals surface area contributed by atoms with Crippen molar-refractivity contribution in [3.05, 3.63) is 28.8 Å². The van der Waals surface area contributed by atoms with Gasteiger partial charge in [-0.05, 0) is 51.8 Å². The summed E-state index contributed by atoms with van der Waals surface area (Å²) in [5, 5.41) is 4.32. The highest BCUT2D eigenvalue weighted by Gasteiger charge is 2.13. The smallest absolute Gasteiger partial charge is 0.0471 e. The van der Waals surface area contributed by atoms with Crippen LogP contribution in [0.2, 0.25) is 5.02 Å². The molecule has 1 rings (SSSR count). The van der Waals surface area contributed by atoms with Crippen LogP contribution in [-0.2, 0) is 6.54 Å².